The number of hydrogen-bond acceptors (Lipinski definition) is 4. The molecule has 2 aromatic carbocycles. The standard InChI is InChI=1S/C25H24N2O5/c28-23(29)10-5-13-26-24(30)16-11-12-17(14-16)27-25(31)32-15-22-20-8-3-1-6-18(20)19-7-2-4-9-21(19)22/h1-4,6-9,16-17,22H,11-15H2,(H,26,30)(H,27,31)(H,28,29). The van der Waals surface area contributed by atoms with Crippen LogP contribution in [-0.2, 0) is 14.3 Å². The average Bonchev–Trinajstić information content (AvgIpc) is 3.38. The van der Waals surface area contributed by atoms with E-state index < -0.39 is 12.1 Å². The highest BCUT2D eigenvalue weighted by Gasteiger charge is 2.32. The van der Waals surface area contributed by atoms with Crippen molar-refractivity contribution >= 4 is 18.0 Å². The van der Waals surface area contributed by atoms with Crippen LogP contribution >= 0.6 is 0 Å². The van der Waals surface area contributed by atoms with Gasteiger partial charge in [0.25, 0.3) is 0 Å². The lowest BCUT2D eigenvalue weighted by atomic mass is 9.98. The molecule has 1 saturated carbocycles. The number of amides is 2. The third-order valence-corrected chi connectivity index (χ3v) is 6.02. The summed E-state index contributed by atoms with van der Waals surface area (Å²) in [5.74, 6) is 2.68. The van der Waals surface area contributed by atoms with Gasteiger partial charge < -0.3 is 20.5 Å². The molecule has 0 heterocycles. The summed E-state index contributed by atoms with van der Waals surface area (Å²) in [6.45, 7) is 0.241. The van der Waals surface area contributed by atoms with E-state index in [4.69, 9.17) is 9.84 Å². The zero-order valence-electron chi connectivity index (χ0n) is 17.5. The van der Waals surface area contributed by atoms with Gasteiger partial charge in [-0.3, -0.25) is 4.79 Å². The van der Waals surface area contributed by atoms with Gasteiger partial charge in [0.15, 0.2) is 0 Å². The second kappa shape index (κ2) is 9.56. The number of alkyl carbamates (subject to hydrolysis) is 1. The van der Waals surface area contributed by atoms with Gasteiger partial charge in [0, 0.05) is 23.8 Å². The van der Waals surface area contributed by atoms with E-state index in [2.05, 4.69) is 40.8 Å². The smallest absolute Gasteiger partial charge is 0.407 e. The van der Waals surface area contributed by atoms with E-state index >= 15 is 0 Å². The fourth-order valence-electron chi connectivity index (χ4n) is 4.55. The summed E-state index contributed by atoms with van der Waals surface area (Å²) in [4.78, 5) is 35.0. The highest BCUT2D eigenvalue weighted by Crippen LogP contribution is 2.44. The summed E-state index contributed by atoms with van der Waals surface area (Å²) >= 11 is 0. The van der Waals surface area contributed by atoms with Gasteiger partial charge in [0.05, 0.1) is 6.54 Å². The van der Waals surface area contributed by atoms with Crippen LogP contribution < -0.4 is 10.6 Å². The molecule has 2 aliphatic rings. The predicted octanol–water partition coefficient (Wildman–Crippen LogP) is 2.90. The Morgan fingerprint density at radius 2 is 1.66 bits per heavy atom. The quantitative estimate of drug-likeness (QED) is 0.630. The van der Waals surface area contributed by atoms with Crippen molar-refractivity contribution in [3.63, 3.8) is 0 Å². The van der Waals surface area contributed by atoms with Gasteiger partial charge in [-0.25, -0.2) is 9.59 Å². The zero-order chi connectivity index (χ0) is 22.5. The first-order valence-corrected chi connectivity index (χ1v) is 10.6. The van der Waals surface area contributed by atoms with E-state index in [1.165, 1.54) is 11.1 Å². The maximum absolute atomic E-state index is 12.4. The van der Waals surface area contributed by atoms with E-state index in [1.54, 1.807) is 0 Å². The molecule has 1 fully saturated rings. The van der Waals surface area contributed by atoms with Gasteiger partial charge in [0.2, 0.25) is 5.91 Å². The molecular weight excluding hydrogens is 408 g/mol. The van der Waals surface area contributed by atoms with Crippen molar-refractivity contribution in [2.75, 3.05) is 13.2 Å². The Morgan fingerprint density at radius 3 is 2.31 bits per heavy atom. The lowest BCUT2D eigenvalue weighted by molar-refractivity contribution is -0.130. The number of rotatable bonds is 5. The number of carboxylic acid groups (broad SMARTS) is 1. The number of fused-ring (bicyclic) bond motifs is 3. The van der Waals surface area contributed by atoms with Gasteiger partial charge in [-0.05, 0) is 41.5 Å². The molecular formula is C25H24N2O5. The molecule has 7 heteroatoms. The van der Waals surface area contributed by atoms with Gasteiger partial charge >= 0.3 is 12.1 Å². The Labute approximate surface area is 186 Å². The maximum atomic E-state index is 12.4. The Morgan fingerprint density at radius 1 is 1.00 bits per heavy atom. The van der Waals surface area contributed by atoms with Crippen LogP contribution in [0, 0.1) is 17.8 Å². The highest BCUT2D eigenvalue weighted by molar-refractivity contribution is 5.86. The van der Waals surface area contributed by atoms with Crippen LogP contribution in [0.5, 0.6) is 0 Å². The fourth-order valence-corrected chi connectivity index (χ4v) is 4.55. The van der Waals surface area contributed by atoms with Crippen LogP contribution in [-0.4, -0.2) is 42.3 Å². The monoisotopic (exact) mass is 432 g/mol. The minimum atomic E-state index is -1.23. The van der Waals surface area contributed by atoms with Crippen molar-refractivity contribution in [2.24, 2.45) is 5.92 Å². The minimum absolute atomic E-state index is 0.00201. The third kappa shape index (κ3) is 4.75. The van der Waals surface area contributed by atoms with Crippen LogP contribution in [0.2, 0.25) is 0 Å². The molecule has 2 aromatic rings. The summed E-state index contributed by atoms with van der Waals surface area (Å²) in [6, 6.07) is 16.2. The Kier molecular flexibility index (Phi) is 6.41. The van der Waals surface area contributed by atoms with Crippen LogP contribution in [0.1, 0.15) is 36.3 Å². The normalized spacial score (nSPS) is 18.6. The molecule has 2 atom stereocenters. The topological polar surface area (TPSA) is 105 Å². The maximum Gasteiger partial charge on any atom is 0.407 e. The van der Waals surface area contributed by atoms with Crippen molar-refractivity contribution in [2.45, 2.75) is 31.2 Å². The van der Waals surface area contributed by atoms with E-state index in [9.17, 15) is 14.4 Å². The zero-order valence-corrected chi connectivity index (χ0v) is 17.5. The number of carbonyl (C=O) groups is 3. The number of hydrogen-bond donors (Lipinski definition) is 3. The van der Waals surface area contributed by atoms with E-state index in [0.29, 0.717) is 19.3 Å². The molecule has 2 unspecified atom stereocenters. The number of nitrogens with one attached hydrogen (secondary N) is 2. The fraction of sp³-hybridized carbons (Fsp3) is 0.320. The predicted molar refractivity (Wildman–Crippen MR) is 118 cm³/mol. The summed E-state index contributed by atoms with van der Waals surface area (Å²) < 4.78 is 5.57. The van der Waals surface area contributed by atoms with Gasteiger partial charge in [-0.2, -0.15) is 0 Å². The molecule has 2 aliphatic carbocycles. The number of ether oxygens (including phenoxy) is 1. The van der Waals surface area contributed by atoms with Crippen molar-refractivity contribution < 1.29 is 24.2 Å². The number of carbonyl (C=O) groups excluding carboxylic acids is 2. The molecule has 4 rings (SSSR count). The molecule has 164 valence electrons. The summed E-state index contributed by atoms with van der Waals surface area (Å²) in [6.07, 6.45) is 1.36. The van der Waals surface area contributed by atoms with E-state index in [1.807, 2.05) is 30.2 Å². The second-order valence-corrected chi connectivity index (χ2v) is 8.00. The molecule has 0 aromatic heterocycles. The summed E-state index contributed by atoms with van der Waals surface area (Å²) in [5.41, 5.74) is 4.67. The first-order valence-electron chi connectivity index (χ1n) is 10.6. The molecule has 0 radical (unpaired) electrons. The largest absolute Gasteiger partial charge is 0.472 e. The van der Waals surface area contributed by atoms with E-state index in [0.717, 1.165) is 11.1 Å². The molecule has 32 heavy (non-hydrogen) atoms. The van der Waals surface area contributed by atoms with Crippen LogP contribution in [0.3, 0.4) is 0 Å². The van der Waals surface area contributed by atoms with Gasteiger partial charge in [-0.15, -0.1) is 0 Å². The Hall–Kier alpha value is -3.79. The Bertz CT molecular complexity index is 1060. The molecule has 0 bridgehead atoms. The summed E-state index contributed by atoms with van der Waals surface area (Å²) in [7, 11) is 0. The number of benzene rings is 2. The van der Waals surface area contributed by atoms with Crippen molar-refractivity contribution in [1.82, 2.24) is 10.6 Å². The third-order valence-electron chi connectivity index (χ3n) is 6.02. The average molecular weight is 432 g/mol. The van der Waals surface area contributed by atoms with Crippen molar-refractivity contribution in [1.29, 1.82) is 0 Å². The van der Waals surface area contributed by atoms with Crippen LogP contribution in [0.15, 0.2) is 48.5 Å². The van der Waals surface area contributed by atoms with Crippen molar-refractivity contribution in [3.05, 3.63) is 59.7 Å². The van der Waals surface area contributed by atoms with Crippen LogP contribution in [0.25, 0.3) is 11.1 Å². The summed E-state index contributed by atoms with van der Waals surface area (Å²) in [5, 5.41) is 14.0. The van der Waals surface area contributed by atoms with E-state index in [-0.39, 0.29) is 36.9 Å². The second-order valence-electron chi connectivity index (χ2n) is 8.00. The first-order chi connectivity index (χ1) is 15.5. The number of carboxylic acids is 1. The van der Waals surface area contributed by atoms with Gasteiger partial charge in [0.1, 0.15) is 6.61 Å². The SMILES string of the molecule is O=C(O)C#CCNC(=O)C1CCC(NC(=O)OCC2c3ccccc3-c3ccccc32)C1. The Balaban J connectivity index is 1.27. The first kappa shape index (κ1) is 21.4. The van der Waals surface area contributed by atoms with Crippen LogP contribution in [0.4, 0.5) is 4.79 Å². The molecule has 0 aliphatic heterocycles. The van der Waals surface area contributed by atoms with Gasteiger partial charge in [-0.1, -0.05) is 54.5 Å². The molecule has 3 N–H and O–H groups in total. The lowest BCUT2D eigenvalue weighted by Gasteiger charge is -2.17. The highest BCUT2D eigenvalue weighted by atomic mass is 16.5. The lowest BCUT2D eigenvalue weighted by Crippen LogP contribution is -2.35. The van der Waals surface area contributed by atoms with Crippen molar-refractivity contribution in [3.8, 4) is 23.0 Å². The molecule has 7 nitrogen and oxygen atoms in total. The molecule has 0 saturated heterocycles. The number of aliphatic carboxylic acids is 1. The molecule has 0 spiro atoms. The minimum Gasteiger partial charge on any atom is -0.472 e. The molecule has 2 amide bonds.